The Kier molecular flexibility index (Phi) is 5.24. The Labute approximate surface area is 140 Å². The Bertz CT molecular complexity index is 673. The van der Waals surface area contributed by atoms with Crippen LogP contribution >= 0.6 is 0 Å². The highest BCUT2D eigenvalue weighted by atomic mass is 16.5. The normalized spacial score (nSPS) is 23.8. The van der Waals surface area contributed by atoms with Crippen LogP contribution in [0.2, 0.25) is 0 Å². The number of H-pyrrole nitrogens is 1. The molecule has 3 atom stereocenters. The van der Waals surface area contributed by atoms with Gasteiger partial charge in [-0.25, -0.2) is 4.98 Å². The number of aliphatic hydroxyl groups excluding tert-OH is 1. The van der Waals surface area contributed by atoms with E-state index in [0.29, 0.717) is 31.3 Å². The van der Waals surface area contributed by atoms with E-state index >= 15 is 0 Å². The maximum atomic E-state index is 12.3. The summed E-state index contributed by atoms with van der Waals surface area (Å²) in [5.41, 5.74) is 1.29. The van der Waals surface area contributed by atoms with Gasteiger partial charge in [-0.05, 0) is 0 Å². The van der Waals surface area contributed by atoms with Gasteiger partial charge < -0.3 is 24.9 Å². The number of imidazole rings is 1. The van der Waals surface area contributed by atoms with Crippen molar-refractivity contribution in [3.05, 3.63) is 42.2 Å². The molecule has 1 fully saturated rings. The molecule has 0 bridgehead atoms. The molecule has 1 aromatic carbocycles. The Morgan fingerprint density at radius 3 is 2.96 bits per heavy atom. The van der Waals surface area contributed by atoms with Gasteiger partial charge in [-0.15, -0.1) is 0 Å². The van der Waals surface area contributed by atoms with Crippen molar-refractivity contribution in [3.8, 4) is 11.4 Å². The van der Waals surface area contributed by atoms with Crippen LogP contribution in [0, 0.1) is 5.92 Å². The quantitative estimate of drug-likeness (QED) is 0.754. The summed E-state index contributed by atoms with van der Waals surface area (Å²) in [6, 6.07) is 9.58. The van der Waals surface area contributed by atoms with Crippen molar-refractivity contribution in [1.82, 2.24) is 15.3 Å². The Hall–Kier alpha value is -2.22. The molecule has 2 heterocycles. The van der Waals surface area contributed by atoms with E-state index in [4.69, 9.17) is 9.47 Å². The van der Waals surface area contributed by atoms with Gasteiger partial charge in [0.2, 0.25) is 0 Å². The zero-order chi connectivity index (χ0) is 16.9. The molecule has 0 saturated carbocycles. The van der Waals surface area contributed by atoms with Gasteiger partial charge in [-0.1, -0.05) is 30.3 Å². The number of rotatable bonds is 5. The van der Waals surface area contributed by atoms with Gasteiger partial charge in [-0.3, -0.25) is 4.79 Å². The number of aromatic amines is 1. The summed E-state index contributed by atoms with van der Waals surface area (Å²) in [5, 5.41) is 13.0. The molecule has 7 heteroatoms. The first kappa shape index (κ1) is 16.6. The standard InChI is InChI=1S/C17H21N3O4/c1-23-14-10-24-9-12(15(14)21)7-19-17(22)13-8-18-16(20-13)11-5-3-2-4-6-11/h2-6,8,12,14-15,21H,7,9-10H2,1H3,(H,18,20)(H,19,22)/t12-,14-,15+/m1/s1. The lowest BCUT2D eigenvalue weighted by atomic mass is 9.96. The summed E-state index contributed by atoms with van der Waals surface area (Å²) in [7, 11) is 1.54. The Balaban J connectivity index is 1.59. The third-order valence-electron chi connectivity index (χ3n) is 4.17. The van der Waals surface area contributed by atoms with Gasteiger partial charge in [0.15, 0.2) is 0 Å². The van der Waals surface area contributed by atoms with Crippen molar-refractivity contribution < 1.29 is 19.4 Å². The number of aromatic nitrogens is 2. The topological polar surface area (TPSA) is 96.5 Å². The predicted octanol–water partition coefficient (Wildman–Crippen LogP) is 0.829. The van der Waals surface area contributed by atoms with E-state index in [1.54, 1.807) is 0 Å². The molecule has 0 spiro atoms. The number of carbonyl (C=O) groups is 1. The van der Waals surface area contributed by atoms with Crippen LogP contribution in [-0.2, 0) is 9.47 Å². The van der Waals surface area contributed by atoms with E-state index in [1.165, 1.54) is 13.3 Å². The fourth-order valence-corrected chi connectivity index (χ4v) is 2.72. The monoisotopic (exact) mass is 331 g/mol. The summed E-state index contributed by atoms with van der Waals surface area (Å²) >= 11 is 0. The van der Waals surface area contributed by atoms with E-state index in [9.17, 15) is 9.90 Å². The first-order chi connectivity index (χ1) is 11.7. The Morgan fingerprint density at radius 2 is 2.21 bits per heavy atom. The predicted molar refractivity (Wildman–Crippen MR) is 87.5 cm³/mol. The molecule has 0 unspecified atom stereocenters. The number of nitrogens with zero attached hydrogens (tertiary/aromatic N) is 1. The van der Waals surface area contributed by atoms with Crippen LogP contribution in [-0.4, -0.2) is 60.1 Å². The van der Waals surface area contributed by atoms with E-state index in [0.717, 1.165) is 5.56 Å². The molecule has 1 aliphatic heterocycles. The number of amides is 1. The van der Waals surface area contributed by atoms with Crippen LogP contribution < -0.4 is 5.32 Å². The highest BCUT2D eigenvalue weighted by molar-refractivity contribution is 5.92. The minimum absolute atomic E-state index is 0.204. The van der Waals surface area contributed by atoms with E-state index in [2.05, 4.69) is 15.3 Å². The van der Waals surface area contributed by atoms with Crippen molar-refractivity contribution in [2.45, 2.75) is 12.2 Å². The lowest BCUT2D eigenvalue weighted by molar-refractivity contribution is -0.132. The van der Waals surface area contributed by atoms with Crippen molar-refractivity contribution in [3.63, 3.8) is 0 Å². The van der Waals surface area contributed by atoms with Crippen molar-refractivity contribution in [1.29, 1.82) is 0 Å². The molecule has 0 aliphatic carbocycles. The second-order valence-electron chi connectivity index (χ2n) is 5.78. The minimum atomic E-state index is -0.661. The average Bonchev–Trinajstić information content (AvgIpc) is 3.11. The molecular formula is C17H21N3O4. The van der Waals surface area contributed by atoms with Gasteiger partial charge in [0, 0.05) is 25.1 Å². The minimum Gasteiger partial charge on any atom is -0.390 e. The molecule has 24 heavy (non-hydrogen) atoms. The molecule has 1 aliphatic rings. The number of nitrogens with one attached hydrogen (secondary N) is 2. The largest absolute Gasteiger partial charge is 0.390 e. The molecule has 2 aromatic rings. The van der Waals surface area contributed by atoms with Crippen LogP contribution in [0.5, 0.6) is 0 Å². The first-order valence-electron chi connectivity index (χ1n) is 7.86. The van der Waals surface area contributed by atoms with E-state index < -0.39 is 6.10 Å². The second-order valence-corrected chi connectivity index (χ2v) is 5.78. The molecular weight excluding hydrogens is 310 g/mol. The van der Waals surface area contributed by atoms with Crippen LogP contribution in [0.3, 0.4) is 0 Å². The highest BCUT2D eigenvalue weighted by Gasteiger charge is 2.32. The maximum Gasteiger partial charge on any atom is 0.269 e. The van der Waals surface area contributed by atoms with Crippen LogP contribution in [0.15, 0.2) is 36.5 Å². The van der Waals surface area contributed by atoms with Crippen LogP contribution in [0.4, 0.5) is 0 Å². The third-order valence-corrected chi connectivity index (χ3v) is 4.17. The number of ether oxygens (including phenoxy) is 2. The summed E-state index contributed by atoms with van der Waals surface area (Å²) < 4.78 is 10.6. The lowest BCUT2D eigenvalue weighted by Gasteiger charge is -2.33. The van der Waals surface area contributed by atoms with Crippen molar-refractivity contribution in [2.75, 3.05) is 26.9 Å². The van der Waals surface area contributed by atoms with E-state index in [-0.39, 0.29) is 17.9 Å². The van der Waals surface area contributed by atoms with Gasteiger partial charge >= 0.3 is 0 Å². The second kappa shape index (κ2) is 7.57. The molecule has 128 valence electrons. The number of hydrogen-bond donors (Lipinski definition) is 3. The van der Waals surface area contributed by atoms with Gasteiger partial charge in [-0.2, -0.15) is 0 Å². The summed E-state index contributed by atoms with van der Waals surface area (Å²) in [5.74, 6) is 0.168. The van der Waals surface area contributed by atoms with Gasteiger partial charge in [0.25, 0.3) is 5.91 Å². The zero-order valence-electron chi connectivity index (χ0n) is 13.4. The smallest absolute Gasteiger partial charge is 0.269 e. The van der Waals surface area contributed by atoms with Crippen molar-refractivity contribution >= 4 is 5.91 Å². The lowest BCUT2D eigenvalue weighted by Crippen LogP contribution is -2.49. The number of hydrogen-bond acceptors (Lipinski definition) is 5. The summed E-state index contributed by atoms with van der Waals surface area (Å²) in [6.07, 6.45) is 0.479. The fraction of sp³-hybridized carbons (Fsp3) is 0.412. The number of benzene rings is 1. The SMILES string of the molecule is CO[C@@H]1COC[C@@H](CNC(=O)c2cnc(-c3ccccc3)[nH]2)[C@@H]1O. The molecule has 1 saturated heterocycles. The number of aliphatic hydroxyl groups is 1. The molecule has 1 amide bonds. The molecule has 0 radical (unpaired) electrons. The van der Waals surface area contributed by atoms with Gasteiger partial charge in [0.05, 0.1) is 25.5 Å². The summed E-state index contributed by atoms with van der Waals surface area (Å²) in [4.78, 5) is 19.5. The number of methoxy groups -OCH3 is 1. The number of carbonyl (C=O) groups excluding carboxylic acids is 1. The molecule has 3 N–H and O–H groups in total. The van der Waals surface area contributed by atoms with Crippen LogP contribution in [0.1, 0.15) is 10.5 Å². The third kappa shape index (κ3) is 3.64. The highest BCUT2D eigenvalue weighted by Crippen LogP contribution is 2.17. The van der Waals surface area contributed by atoms with E-state index in [1.807, 2.05) is 30.3 Å². The zero-order valence-corrected chi connectivity index (χ0v) is 13.4. The first-order valence-corrected chi connectivity index (χ1v) is 7.86. The average molecular weight is 331 g/mol. The summed E-state index contributed by atoms with van der Waals surface area (Å²) in [6.45, 7) is 1.06. The molecule has 7 nitrogen and oxygen atoms in total. The molecule has 3 rings (SSSR count). The maximum absolute atomic E-state index is 12.3. The fourth-order valence-electron chi connectivity index (χ4n) is 2.72. The van der Waals surface area contributed by atoms with Gasteiger partial charge in [0.1, 0.15) is 17.6 Å². The Morgan fingerprint density at radius 1 is 1.42 bits per heavy atom. The molecule has 1 aromatic heterocycles. The van der Waals surface area contributed by atoms with Crippen LogP contribution in [0.25, 0.3) is 11.4 Å². The van der Waals surface area contributed by atoms with Crippen molar-refractivity contribution in [2.24, 2.45) is 5.92 Å².